The first kappa shape index (κ1) is 10.1. The molecule has 3 heteroatoms. The summed E-state index contributed by atoms with van der Waals surface area (Å²) in [6.45, 7) is 2.90. The van der Waals surface area contributed by atoms with Crippen molar-refractivity contribution in [1.29, 1.82) is 0 Å². The van der Waals surface area contributed by atoms with Gasteiger partial charge in [-0.3, -0.25) is 0 Å². The van der Waals surface area contributed by atoms with Crippen LogP contribution in [0.25, 0.3) is 10.8 Å². The zero-order valence-corrected chi connectivity index (χ0v) is 9.68. The Kier molecular flexibility index (Phi) is 2.25. The van der Waals surface area contributed by atoms with Gasteiger partial charge in [0.1, 0.15) is 0 Å². The number of nitrogens with zero attached hydrogens (tertiary/aromatic N) is 1. The molecule has 0 aromatic heterocycles. The lowest BCUT2D eigenvalue weighted by atomic mass is 10.1. The first-order valence-electron chi connectivity index (χ1n) is 5.81. The number of benzene rings is 2. The molecule has 0 aliphatic carbocycles. The molecule has 1 heterocycles. The van der Waals surface area contributed by atoms with Gasteiger partial charge in [0, 0.05) is 18.0 Å². The van der Waals surface area contributed by atoms with Gasteiger partial charge in [-0.05, 0) is 18.4 Å². The van der Waals surface area contributed by atoms with Gasteiger partial charge in [-0.1, -0.05) is 36.4 Å². The van der Waals surface area contributed by atoms with E-state index in [4.69, 9.17) is 0 Å². The number of nitrogens with one attached hydrogen (secondary N) is 1. The SMILES string of the molecule is C[C@H]1CN1C(=O)Nc1cccc2ccccc12. The highest BCUT2D eigenvalue weighted by molar-refractivity contribution is 6.02. The molecule has 1 aliphatic rings. The first-order chi connectivity index (χ1) is 8.25. The Morgan fingerprint density at radius 1 is 1.24 bits per heavy atom. The van der Waals surface area contributed by atoms with Crippen LogP contribution in [0.5, 0.6) is 0 Å². The number of rotatable bonds is 1. The predicted octanol–water partition coefficient (Wildman–Crippen LogP) is 3.08. The highest BCUT2D eigenvalue weighted by atomic mass is 16.2. The second-order valence-electron chi connectivity index (χ2n) is 4.46. The highest BCUT2D eigenvalue weighted by Crippen LogP contribution is 2.25. The van der Waals surface area contributed by atoms with Crippen molar-refractivity contribution in [1.82, 2.24) is 4.90 Å². The third kappa shape index (κ3) is 1.84. The molecule has 1 N–H and O–H groups in total. The summed E-state index contributed by atoms with van der Waals surface area (Å²) in [7, 11) is 0. The van der Waals surface area contributed by atoms with Crippen LogP contribution in [0.15, 0.2) is 42.5 Å². The van der Waals surface area contributed by atoms with E-state index in [1.807, 2.05) is 54.3 Å². The Morgan fingerprint density at radius 3 is 2.71 bits per heavy atom. The molecule has 2 aromatic rings. The summed E-state index contributed by atoms with van der Waals surface area (Å²) in [6, 6.07) is 14.4. The Bertz CT molecular complexity index is 574. The fourth-order valence-electron chi connectivity index (χ4n) is 2.04. The first-order valence-corrected chi connectivity index (χ1v) is 5.81. The second kappa shape index (κ2) is 3.77. The van der Waals surface area contributed by atoms with Crippen molar-refractivity contribution in [2.24, 2.45) is 0 Å². The maximum atomic E-state index is 11.8. The molecule has 3 rings (SSSR count). The summed E-state index contributed by atoms with van der Waals surface area (Å²) in [4.78, 5) is 13.7. The maximum Gasteiger partial charge on any atom is 0.322 e. The third-order valence-electron chi connectivity index (χ3n) is 3.15. The van der Waals surface area contributed by atoms with Crippen LogP contribution in [-0.2, 0) is 0 Å². The summed E-state index contributed by atoms with van der Waals surface area (Å²) in [5.41, 5.74) is 0.882. The van der Waals surface area contributed by atoms with E-state index in [-0.39, 0.29) is 6.03 Å². The molecule has 1 saturated heterocycles. The quantitative estimate of drug-likeness (QED) is 0.744. The Labute approximate surface area is 100 Å². The Balaban J connectivity index is 1.92. The fourth-order valence-corrected chi connectivity index (χ4v) is 2.04. The smallest absolute Gasteiger partial charge is 0.318 e. The van der Waals surface area contributed by atoms with Crippen molar-refractivity contribution in [3.8, 4) is 0 Å². The molecule has 2 aromatic carbocycles. The van der Waals surface area contributed by atoms with E-state index in [9.17, 15) is 4.79 Å². The average molecular weight is 226 g/mol. The number of carbonyl (C=O) groups excluding carboxylic acids is 1. The van der Waals surface area contributed by atoms with Crippen molar-refractivity contribution in [3.05, 3.63) is 42.5 Å². The molecule has 0 radical (unpaired) electrons. The number of urea groups is 1. The van der Waals surface area contributed by atoms with Gasteiger partial charge in [0.2, 0.25) is 0 Å². The lowest BCUT2D eigenvalue weighted by Crippen LogP contribution is -2.20. The normalized spacial score (nSPS) is 18.2. The Morgan fingerprint density at radius 2 is 1.94 bits per heavy atom. The van der Waals surface area contributed by atoms with Crippen LogP contribution in [0.1, 0.15) is 6.92 Å². The zero-order valence-electron chi connectivity index (χ0n) is 9.68. The minimum absolute atomic E-state index is 0.00569. The van der Waals surface area contributed by atoms with Crippen LogP contribution in [0.2, 0.25) is 0 Å². The summed E-state index contributed by atoms with van der Waals surface area (Å²) < 4.78 is 0. The number of hydrogen-bond acceptors (Lipinski definition) is 1. The summed E-state index contributed by atoms with van der Waals surface area (Å²) in [6.07, 6.45) is 0. The molecule has 3 nitrogen and oxygen atoms in total. The van der Waals surface area contributed by atoms with Gasteiger partial charge in [0.15, 0.2) is 0 Å². The second-order valence-corrected chi connectivity index (χ2v) is 4.46. The van der Waals surface area contributed by atoms with E-state index in [1.54, 1.807) is 0 Å². The molecule has 1 atom stereocenters. The molecule has 86 valence electrons. The molecule has 0 spiro atoms. The summed E-state index contributed by atoms with van der Waals surface area (Å²) in [5.74, 6) is 0. The van der Waals surface area contributed by atoms with Crippen molar-refractivity contribution < 1.29 is 4.79 Å². The van der Waals surface area contributed by atoms with Crippen LogP contribution in [0.3, 0.4) is 0 Å². The molecule has 0 saturated carbocycles. The standard InChI is InChI=1S/C14H14N2O/c1-10-9-16(10)14(17)15-13-8-4-6-11-5-2-3-7-12(11)13/h2-8,10H,9H2,1H3,(H,15,17)/t10-,16?/m0/s1. The van der Waals surface area contributed by atoms with Gasteiger partial charge >= 0.3 is 6.03 Å². The summed E-state index contributed by atoms with van der Waals surface area (Å²) >= 11 is 0. The fraction of sp³-hybridized carbons (Fsp3) is 0.214. The van der Waals surface area contributed by atoms with E-state index in [2.05, 4.69) is 5.32 Å². The zero-order chi connectivity index (χ0) is 11.8. The van der Waals surface area contributed by atoms with Crippen LogP contribution in [0.4, 0.5) is 10.5 Å². The van der Waals surface area contributed by atoms with E-state index in [0.717, 1.165) is 23.0 Å². The van der Waals surface area contributed by atoms with Crippen molar-refractivity contribution in [3.63, 3.8) is 0 Å². The monoisotopic (exact) mass is 226 g/mol. The molecular formula is C14H14N2O. The number of anilines is 1. The lowest BCUT2D eigenvalue weighted by molar-refractivity contribution is 0.240. The van der Waals surface area contributed by atoms with E-state index in [0.29, 0.717) is 6.04 Å². The molecule has 17 heavy (non-hydrogen) atoms. The topological polar surface area (TPSA) is 32.1 Å². The lowest BCUT2D eigenvalue weighted by Gasteiger charge is -2.09. The minimum Gasteiger partial charge on any atom is -0.318 e. The van der Waals surface area contributed by atoms with E-state index >= 15 is 0 Å². The van der Waals surface area contributed by atoms with Gasteiger partial charge in [0.05, 0.1) is 5.69 Å². The molecule has 0 bridgehead atoms. The molecule has 2 amide bonds. The Hall–Kier alpha value is -2.03. The van der Waals surface area contributed by atoms with Gasteiger partial charge in [-0.2, -0.15) is 0 Å². The molecule has 0 unspecified atom stereocenters. The molecule has 1 fully saturated rings. The van der Waals surface area contributed by atoms with Gasteiger partial charge < -0.3 is 10.2 Å². The highest BCUT2D eigenvalue weighted by Gasteiger charge is 2.34. The van der Waals surface area contributed by atoms with Gasteiger partial charge in [0.25, 0.3) is 0 Å². The van der Waals surface area contributed by atoms with Crippen LogP contribution in [0, 0.1) is 0 Å². The van der Waals surface area contributed by atoms with Gasteiger partial charge in [-0.25, -0.2) is 4.79 Å². The average Bonchev–Trinajstić information content (AvgIpc) is 3.07. The van der Waals surface area contributed by atoms with Crippen LogP contribution < -0.4 is 5.32 Å². The third-order valence-corrected chi connectivity index (χ3v) is 3.15. The number of amides is 2. The van der Waals surface area contributed by atoms with E-state index < -0.39 is 0 Å². The number of fused-ring (bicyclic) bond motifs is 1. The number of carbonyl (C=O) groups is 1. The van der Waals surface area contributed by atoms with E-state index in [1.165, 1.54) is 0 Å². The number of hydrogen-bond donors (Lipinski definition) is 1. The predicted molar refractivity (Wildman–Crippen MR) is 69.1 cm³/mol. The van der Waals surface area contributed by atoms with Crippen LogP contribution in [-0.4, -0.2) is 23.5 Å². The molecular weight excluding hydrogens is 212 g/mol. The van der Waals surface area contributed by atoms with Crippen molar-refractivity contribution >= 4 is 22.5 Å². The minimum atomic E-state index is -0.00569. The molecule has 1 aliphatic heterocycles. The van der Waals surface area contributed by atoms with Crippen molar-refractivity contribution in [2.75, 3.05) is 11.9 Å². The largest absolute Gasteiger partial charge is 0.322 e. The maximum absolute atomic E-state index is 11.8. The van der Waals surface area contributed by atoms with Gasteiger partial charge in [-0.15, -0.1) is 0 Å². The van der Waals surface area contributed by atoms with Crippen LogP contribution >= 0.6 is 0 Å². The summed E-state index contributed by atoms with van der Waals surface area (Å²) in [5, 5.41) is 5.19. The van der Waals surface area contributed by atoms with Crippen molar-refractivity contribution in [2.45, 2.75) is 13.0 Å².